The number of benzene rings is 1. The number of carbonyl (C=O) groups is 2. The molecule has 0 N–H and O–H groups in total. The van der Waals surface area contributed by atoms with Crippen molar-refractivity contribution in [2.24, 2.45) is 0 Å². The summed E-state index contributed by atoms with van der Waals surface area (Å²) in [4.78, 5) is 29.8. The van der Waals surface area contributed by atoms with Gasteiger partial charge in [0.25, 0.3) is 11.8 Å². The van der Waals surface area contributed by atoms with Crippen molar-refractivity contribution in [2.45, 2.75) is 39.7 Å². The Labute approximate surface area is 165 Å². The third kappa shape index (κ3) is 3.17. The van der Waals surface area contributed by atoms with Crippen molar-refractivity contribution in [2.75, 3.05) is 11.4 Å². The predicted octanol–water partition coefficient (Wildman–Crippen LogP) is 4.58. The molecule has 1 fully saturated rings. The van der Waals surface area contributed by atoms with Crippen LogP contribution < -0.4 is 4.90 Å². The van der Waals surface area contributed by atoms with Gasteiger partial charge in [-0.15, -0.1) is 0 Å². The molecule has 0 spiro atoms. The number of amides is 2. The largest absolute Gasteiger partial charge is 0.308 e. The molecular weight excluding hydrogens is 420 g/mol. The molecule has 7 heteroatoms. The van der Waals surface area contributed by atoms with E-state index in [1.54, 1.807) is 9.80 Å². The van der Waals surface area contributed by atoms with Crippen molar-refractivity contribution in [3.05, 3.63) is 33.1 Å². The minimum atomic E-state index is -0.170. The topological polar surface area (TPSA) is 40.6 Å². The number of thioether (sulfide) groups is 1. The second-order valence-electron chi connectivity index (χ2n) is 6.31. The second-order valence-corrected chi connectivity index (χ2v) is 8.87. The summed E-state index contributed by atoms with van der Waals surface area (Å²) in [7, 11) is 0. The Balaban J connectivity index is 2.14. The zero-order valence-electron chi connectivity index (χ0n) is 14.3. The van der Waals surface area contributed by atoms with Gasteiger partial charge in [-0.05, 0) is 38.5 Å². The van der Waals surface area contributed by atoms with E-state index in [-0.39, 0.29) is 17.9 Å². The van der Waals surface area contributed by atoms with Crippen molar-refractivity contribution in [1.29, 1.82) is 0 Å². The number of fused-ring (bicyclic) bond motifs is 1. The van der Waals surface area contributed by atoms with Gasteiger partial charge in [0.2, 0.25) is 0 Å². The number of rotatable bonds is 4. The summed E-state index contributed by atoms with van der Waals surface area (Å²) >= 11 is 10.1. The fraction of sp³-hybridized carbons (Fsp3) is 0.389. The molecule has 1 aromatic rings. The van der Waals surface area contributed by atoms with E-state index in [4.69, 9.17) is 12.2 Å². The van der Waals surface area contributed by atoms with Crippen molar-refractivity contribution >= 4 is 67.3 Å². The molecule has 25 heavy (non-hydrogen) atoms. The summed E-state index contributed by atoms with van der Waals surface area (Å²) in [5, 5.41) is 0. The summed E-state index contributed by atoms with van der Waals surface area (Å²) in [6.07, 6.45) is 1.92. The summed E-state index contributed by atoms with van der Waals surface area (Å²) < 4.78 is 1.40. The normalized spacial score (nSPS) is 20.3. The zero-order valence-corrected chi connectivity index (χ0v) is 17.6. The van der Waals surface area contributed by atoms with Crippen molar-refractivity contribution in [1.82, 2.24) is 4.90 Å². The van der Waals surface area contributed by atoms with E-state index in [0.717, 1.165) is 28.6 Å². The van der Waals surface area contributed by atoms with E-state index < -0.39 is 0 Å². The Morgan fingerprint density at radius 1 is 1.24 bits per heavy atom. The number of carbonyl (C=O) groups excluding carboxylic acids is 2. The Bertz CT molecular complexity index is 804. The lowest BCUT2D eigenvalue weighted by atomic mass is 10.1. The number of hydrogen-bond donors (Lipinski definition) is 0. The van der Waals surface area contributed by atoms with Crippen LogP contribution in [0.25, 0.3) is 5.57 Å². The van der Waals surface area contributed by atoms with Gasteiger partial charge in [-0.1, -0.05) is 53.3 Å². The van der Waals surface area contributed by atoms with Crippen molar-refractivity contribution in [3.8, 4) is 0 Å². The van der Waals surface area contributed by atoms with Gasteiger partial charge < -0.3 is 4.90 Å². The highest BCUT2D eigenvalue weighted by Crippen LogP contribution is 2.45. The number of halogens is 1. The molecule has 0 aliphatic carbocycles. The smallest absolute Gasteiger partial charge is 0.267 e. The molecule has 0 saturated carbocycles. The average molecular weight is 439 g/mol. The van der Waals surface area contributed by atoms with E-state index in [9.17, 15) is 9.59 Å². The van der Waals surface area contributed by atoms with E-state index in [1.165, 1.54) is 11.8 Å². The first-order valence-electron chi connectivity index (χ1n) is 8.28. The van der Waals surface area contributed by atoms with Crippen LogP contribution in [0, 0.1) is 0 Å². The zero-order chi connectivity index (χ0) is 18.3. The maximum Gasteiger partial charge on any atom is 0.267 e. The molecule has 0 atom stereocenters. The van der Waals surface area contributed by atoms with Crippen LogP contribution in [-0.2, 0) is 9.59 Å². The van der Waals surface area contributed by atoms with Gasteiger partial charge in [0.05, 0.1) is 16.2 Å². The fourth-order valence-electron chi connectivity index (χ4n) is 3.04. The van der Waals surface area contributed by atoms with E-state index in [1.807, 2.05) is 32.0 Å². The van der Waals surface area contributed by atoms with Crippen LogP contribution in [0.15, 0.2) is 27.6 Å². The van der Waals surface area contributed by atoms with E-state index >= 15 is 0 Å². The molecule has 2 aliphatic heterocycles. The van der Waals surface area contributed by atoms with Crippen LogP contribution in [0.3, 0.4) is 0 Å². The standard InChI is InChI=1S/C18H19BrN2O2S2/c1-4-5-8-20-13-7-6-11(19)9-12(13)14(16(20)22)15-17(23)21(10(2)3)18(24)25-15/h6-7,9-10H,4-5,8H2,1-3H3/b15-14+. The molecule has 0 radical (unpaired) electrons. The first-order valence-corrected chi connectivity index (χ1v) is 10.3. The molecule has 2 aliphatic rings. The molecule has 1 aromatic carbocycles. The highest BCUT2D eigenvalue weighted by Gasteiger charge is 2.42. The average Bonchev–Trinajstić information content (AvgIpc) is 2.98. The minimum Gasteiger partial charge on any atom is -0.308 e. The van der Waals surface area contributed by atoms with Gasteiger partial charge in [0.15, 0.2) is 0 Å². The summed E-state index contributed by atoms with van der Waals surface area (Å²) in [6.45, 7) is 6.59. The van der Waals surface area contributed by atoms with Crippen molar-refractivity contribution < 1.29 is 9.59 Å². The lowest BCUT2D eigenvalue weighted by molar-refractivity contribution is -0.123. The molecule has 2 amide bonds. The highest BCUT2D eigenvalue weighted by molar-refractivity contribution is 9.10. The summed E-state index contributed by atoms with van der Waals surface area (Å²) in [6, 6.07) is 5.74. The summed E-state index contributed by atoms with van der Waals surface area (Å²) in [5.41, 5.74) is 2.15. The minimum absolute atomic E-state index is 0.0275. The van der Waals surface area contributed by atoms with E-state index in [2.05, 4.69) is 22.9 Å². The van der Waals surface area contributed by atoms with Gasteiger partial charge in [-0.2, -0.15) is 0 Å². The van der Waals surface area contributed by atoms with Crippen molar-refractivity contribution in [3.63, 3.8) is 0 Å². The van der Waals surface area contributed by atoms with Crippen LogP contribution in [0.2, 0.25) is 0 Å². The summed E-state index contributed by atoms with van der Waals surface area (Å²) in [5.74, 6) is -0.276. The van der Waals surface area contributed by atoms with Gasteiger partial charge >= 0.3 is 0 Å². The van der Waals surface area contributed by atoms with Gasteiger partial charge in [0.1, 0.15) is 4.32 Å². The SMILES string of the molecule is CCCCN1C(=O)/C(=C2/SC(=S)N(C(C)C)C2=O)c2cc(Br)ccc21. The van der Waals surface area contributed by atoms with Crippen LogP contribution in [0.4, 0.5) is 5.69 Å². The molecule has 3 rings (SSSR count). The predicted molar refractivity (Wildman–Crippen MR) is 110 cm³/mol. The highest BCUT2D eigenvalue weighted by atomic mass is 79.9. The quantitative estimate of drug-likeness (QED) is 0.509. The maximum atomic E-state index is 13.1. The molecular formula is C18H19BrN2O2S2. The monoisotopic (exact) mass is 438 g/mol. The number of hydrogen-bond acceptors (Lipinski definition) is 4. The Morgan fingerprint density at radius 3 is 2.56 bits per heavy atom. The Kier molecular flexibility index (Phi) is 5.37. The molecule has 132 valence electrons. The fourth-order valence-corrected chi connectivity index (χ4v) is 4.99. The van der Waals surface area contributed by atoms with E-state index in [0.29, 0.717) is 21.3 Å². The number of nitrogens with zero attached hydrogens (tertiary/aromatic N) is 2. The lowest BCUT2D eigenvalue weighted by Crippen LogP contribution is -2.35. The number of unbranched alkanes of at least 4 members (excludes halogenated alkanes) is 1. The number of thiocarbonyl (C=S) groups is 1. The molecule has 0 unspecified atom stereocenters. The molecule has 1 saturated heterocycles. The van der Waals surface area contributed by atoms with Crippen LogP contribution in [0.5, 0.6) is 0 Å². The van der Waals surface area contributed by atoms with Crippen LogP contribution in [-0.4, -0.2) is 33.6 Å². The third-order valence-corrected chi connectivity index (χ3v) is 6.15. The molecule has 2 heterocycles. The third-order valence-electron chi connectivity index (χ3n) is 4.26. The molecule has 0 aromatic heterocycles. The molecule has 4 nitrogen and oxygen atoms in total. The van der Waals surface area contributed by atoms with Gasteiger partial charge in [-0.25, -0.2) is 0 Å². The molecule has 0 bridgehead atoms. The van der Waals surface area contributed by atoms with Crippen LogP contribution in [0.1, 0.15) is 39.2 Å². The Hall–Kier alpha value is -1.18. The van der Waals surface area contributed by atoms with Gasteiger partial charge in [0, 0.05) is 22.6 Å². The maximum absolute atomic E-state index is 13.1. The lowest BCUT2D eigenvalue weighted by Gasteiger charge is -2.18. The first-order chi connectivity index (χ1) is 11.9. The van der Waals surface area contributed by atoms with Gasteiger partial charge in [-0.3, -0.25) is 14.5 Å². The number of anilines is 1. The van der Waals surface area contributed by atoms with Crippen LogP contribution >= 0.6 is 39.9 Å². The second kappa shape index (κ2) is 7.21. The first kappa shape index (κ1) is 18.6. The Morgan fingerprint density at radius 2 is 1.96 bits per heavy atom.